The van der Waals surface area contributed by atoms with E-state index in [2.05, 4.69) is 16.8 Å². The topological polar surface area (TPSA) is 46.3 Å². The number of oxazole rings is 1. The van der Waals surface area contributed by atoms with Gasteiger partial charge in [-0.25, -0.2) is 4.98 Å². The Balaban J connectivity index is 2.96. The quantitative estimate of drug-likeness (QED) is 0.607. The summed E-state index contributed by atoms with van der Waals surface area (Å²) in [6, 6.07) is 0. The molecule has 0 aliphatic carbocycles. The molecule has 0 saturated carbocycles. The maximum absolute atomic E-state index is 9.54. The van der Waals surface area contributed by atoms with Crippen LogP contribution in [-0.4, -0.2) is 10.1 Å². The number of aliphatic hydroxyl groups is 1. The van der Waals surface area contributed by atoms with Crippen molar-refractivity contribution in [2.45, 2.75) is 19.4 Å². The molecule has 0 fully saturated rings. The standard InChI is InChI=1S/C8H9NO2/c1-3-4-8(2,10)7-9-5-6-11-7/h5-6,10H,1-2H3. The van der Waals surface area contributed by atoms with Gasteiger partial charge in [-0.1, -0.05) is 5.92 Å². The molecule has 1 N–H and O–H groups in total. The Morgan fingerprint density at radius 2 is 2.45 bits per heavy atom. The van der Waals surface area contributed by atoms with Crippen LogP contribution in [0.3, 0.4) is 0 Å². The van der Waals surface area contributed by atoms with Crippen LogP contribution in [0.25, 0.3) is 0 Å². The van der Waals surface area contributed by atoms with Crippen LogP contribution in [0.1, 0.15) is 19.7 Å². The van der Waals surface area contributed by atoms with E-state index in [4.69, 9.17) is 4.42 Å². The van der Waals surface area contributed by atoms with Crippen LogP contribution in [0.4, 0.5) is 0 Å². The second-order valence-electron chi connectivity index (χ2n) is 2.28. The Bertz CT molecular complexity index is 277. The van der Waals surface area contributed by atoms with Gasteiger partial charge in [0.1, 0.15) is 6.26 Å². The van der Waals surface area contributed by atoms with E-state index in [1.807, 2.05) is 0 Å². The SMILES string of the molecule is CC#CC(C)(O)c1ncco1. The van der Waals surface area contributed by atoms with Crippen LogP contribution in [0.2, 0.25) is 0 Å². The molecule has 1 atom stereocenters. The van der Waals surface area contributed by atoms with Crippen LogP contribution in [0, 0.1) is 11.8 Å². The number of hydrogen-bond donors (Lipinski definition) is 1. The minimum Gasteiger partial charge on any atom is -0.445 e. The molecular weight excluding hydrogens is 142 g/mol. The lowest BCUT2D eigenvalue weighted by atomic mass is 10.1. The maximum Gasteiger partial charge on any atom is 0.238 e. The van der Waals surface area contributed by atoms with E-state index in [-0.39, 0.29) is 5.89 Å². The smallest absolute Gasteiger partial charge is 0.238 e. The minimum absolute atomic E-state index is 0.229. The van der Waals surface area contributed by atoms with Crippen LogP contribution in [0.15, 0.2) is 16.9 Å². The van der Waals surface area contributed by atoms with Gasteiger partial charge in [-0.05, 0) is 13.8 Å². The van der Waals surface area contributed by atoms with E-state index in [0.29, 0.717) is 0 Å². The second kappa shape index (κ2) is 2.77. The van der Waals surface area contributed by atoms with Gasteiger partial charge in [0, 0.05) is 0 Å². The molecule has 0 radical (unpaired) electrons. The molecule has 3 heteroatoms. The summed E-state index contributed by atoms with van der Waals surface area (Å²) in [7, 11) is 0. The average molecular weight is 151 g/mol. The highest BCUT2D eigenvalue weighted by molar-refractivity contribution is 5.16. The normalized spacial score (nSPS) is 14.8. The summed E-state index contributed by atoms with van der Waals surface area (Å²) < 4.78 is 4.89. The van der Waals surface area contributed by atoms with Gasteiger partial charge in [-0.15, -0.1) is 5.92 Å². The fourth-order valence-corrected chi connectivity index (χ4v) is 0.761. The second-order valence-corrected chi connectivity index (χ2v) is 2.28. The van der Waals surface area contributed by atoms with E-state index in [1.54, 1.807) is 6.92 Å². The molecule has 11 heavy (non-hydrogen) atoms. The molecule has 1 heterocycles. The van der Waals surface area contributed by atoms with Crippen molar-refractivity contribution >= 4 is 0 Å². The summed E-state index contributed by atoms with van der Waals surface area (Å²) in [5.41, 5.74) is -1.27. The lowest BCUT2D eigenvalue weighted by Crippen LogP contribution is -2.18. The minimum atomic E-state index is -1.27. The van der Waals surface area contributed by atoms with Crippen molar-refractivity contribution in [3.8, 4) is 11.8 Å². The zero-order valence-corrected chi connectivity index (χ0v) is 6.46. The predicted octanol–water partition coefficient (Wildman–Crippen LogP) is 0.905. The summed E-state index contributed by atoms with van der Waals surface area (Å²) >= 11 is 0. The Labute approximate surface area is 65.1 Å². The molecule has 0 amide bonds. The summed E-state index contributed by atoms with van der Waals surface area (Å²) in [5.74, 6) is 5.40. The van der Waals surface area contributed by atoms with E-state index in [1.165, 1.54) is 19.4 Å². The zero-order valence-electron chi connectivity index (χ0n) is 6.46. The number of hydrogen-bond acceptors (Lipinski definition) is 3. The van der Waals surface area contributed by atoms with Gasteiger partial charge >= 0.3 is 0 Å². The third-order valence-electron chi connectivity index (χ3n) is 1.22. The molecule has 0 bridgehead atoms. The first-order valence-corrected chi connectivity index (χ1v) is 3.23. The Kier molecular flexibility index (Phi) is 1.97. The van der Waals surface area contributed by atoms with Gasteiger partial charge in [0.15, 0.2) is 5.60 Å². The molecule has 3 nitrogen and oxygen atoms in total. The average Bonchev–Trinajstić information content (AvgIpc) is 2.37. The third kappa shape index (κ3) is 1.60. The van der Waals surface area contributed by atoms with Crippen LogP contribution < -0.4 is 0 Å². The van der Waals surface area contributed by atoms with Crippen molar-refractivity contribution in [3.05, 3.63) is 18.4 Å². The fourth-order valence-electron chi connectivity index (χ4n) is 0.761. The van der Waals surface area contributed by atoms with E-state index >= 15 is 0 Å². The van der Waals surface area contributed by atoms with Crippen LogP contribution in [-0.2, 0) is 5.60 Å². The monoisotopic (exact) mass is 151 g/mol. The van der Waals surface area contributed by atoms with Crippen molar-refractivity contribution < 1.29 is 9.52 Å². The Morgan fingerprint density at radius 3 is 2.91 bits per heavy atom. The van der Waals surface area contributed by atoms with Crippen molar-refractivity contribution in [1.82, 2.24) is 4.98 Å². The maximum atomic E-state index is 9.54. The molecular formula is C8H9NO2. The first kappa shape index (κ1) is 7.83. The van der Waals surface area contributed by atoms with Gasteiger partial charge in [-0.2, -0.15) is 0 Å². The summed E-state index contributed by atoms with van der Waals surface area (Å²) in [6.07, 6.45) is 2.88. The van der Waals surface area contributed by atoms with Crippen LogP contribution >= 0.6 is 0 Å². The molecule has 58 valence electrons. The molecule has 0 aliphatic rings. The molecule has 0 aromatic carbocycles. The molecule has 1 aromatic heterocycles. The fraction of sp³-hybridized carbons (Fsp3) is 0.375. The van der Waals surface area contributed by atoms with E-state index < -0.39 is 5.60 Å². The highest BCUT2D eigenvalue weighted by atomic mass is 16.4. The van der Waals surface area contributed by atoms with Gasteiger partial charge in [0.2, 0.25) is 5.89 Å². The van der Waals surface area contributed by atoms with Gasteiger partial charge in [-0.3, -0.25) is 0 Å². The van der Waals surface area contributed by atoms with Crippen molar-refractivity contribution in [3.63, 3.8) is 0 Å². The number of rotatable bonds is 1. The van der Waals surface area contributed by atoms with Crippen LogP contribution in [0.5, 0.6) is 0 Å². The van der Waals surface area contributed by atoms with Crippen molar-refractivity contribution in [1.29, 1.82) is 0 Å². The first-order chi connectivity index (χ1) is 5.17. The van der Waals surface area contributed by atoms with Gasteiger partial charge in [0.25, 0.3) is 0 Å². The molecule has 1 rings (SSSR count). The summed E-state index contributed by atoms with van der Waals surface area (Å²) in [5, 5.41) is 9.54. The molecule has 1 aromatic rings. The van der Waals surface area contributed by atoms with Gasteiger partial charge in [0.05, 0.1) is 6.20 Å². The largest absolute Gasteiger partial charge is 0.445 e. The third-order valence-corrected chi connectivity index (χ3v) is 1.22. The van der Waals surface area contributed by atoms with E-state index in [9.17, 15) is 5.11 Å². The summed E-state index contributed by atoms with van der Waals surface area (Å²) in [6.45, 7) is 3.19. The zero-order chi connectivity index (χ0) is 8.32. The molecule has 0 saturated heterocycles. The molecule has 0 aliphatic heterocycles. The summed E-state index contributed by atoms with van der Waals surface area (Å²) in [4.78, 5) is 3.79. The Hall–Kier alpha value is -1.27. The Morgan fingerprint density at radius 1 is 1.73 bits per heavy atom. The number of nitrogens with zero attached hydrogens (tertiary/aromatic N) is 1. The molecule has 1 unspecified atom stereocenters. The van der Waals surface area contributed by atoms with Crippen molar-refractivity contribution in [2.24, 2.45) is 0 Å². The first-order valence-electron chi connectivity index (χ1n) is 3.23. The highest BCUT2D eigenvalue weighted by Gasteiger charge is 2.24. The highest BCUT2D eigenvalue weighted by Crippen LogP contribution is 2.16. The lowest BCUT2D eigenvalue weighted by Gasteiger charge is -2.09. The van der Waals surface area contributed by atoms with Gasteiger partial charge < -0.3 is 9.52 Å². The lowest BCUT2D eigenvalue weighted by molar-refractivity contribution is 0.0892. The predicted molar refractivity (Wildman–Crippen MR) is 39.5 cm³/mol. The number of aromatic nitrogens is 1. The van der Waals surface area contributed by atoms with E-state index in [0.717, 1.165) is 0 Å². The molecule has 0 spiro atoms. The van der Waals surface area contributed by atoms with Crippen molar-refractivity contribution in [2.75, 3.05) is 0 Å².